The summed E-state index contributed by atoms with van der Waals surface area (Å²) >= 11 is 0. The van der Waals surface area contributed by atoms with Crippen LogP contribution in [0.25, 0.3) is 11.1 Å². The van der Waals surface area contributed by atoms with Gasteiger partial charge < -0.3 is 10.1 Å². The van der Waals surface area contributed by atoms with Gasteiger partial charge >= 0.3 is 0 Å². The van der Waals surface area contributed by atoms with Crippen molar-refractivity contribution in [3.8, 4) is 22.9 Å². The van der Waals surface area contributed by atoms with Crippen molar-refractivity contribution in [2.24, 2.45) is 5.92 Å². The van der Waals surface area contributed by atoms with Gasteiger partial charge in [0.25, 0.3) is 0 Å². The van der Waals surface area contributed by atoms with Crippen molar-refractivity contribution < 1.29 is 14.3 Å². The second-order valence-electron chi connectivity index (χ2n) is 7.23. The molecule has 27 heavy (non-hydrogen) atoms. The summed E-state index contributed by atoms with van der Waals surface area (Å²) in [5.41, 5.74) is 1.93. The monoisotopic (exact) mass is 360 g/mol. The third kappa shape index (κ3) is 2.92. The summed E-state index contributed by atoms with van der Waals surface area (Å²) in [5, 5.41) is 12.4. The number of Topliss-reactive ketones (excluding diaryl/α,β-unsaturated/α-hetero) is 2. The average molecular weight is 360 g/mol. The molecule has 0 bridgehead atoms. The van der Waals surface area contributed by atoms with E-state index in [1.807, 2.05) is 24.3 Å². The third-order valence-electron chi connectivity index (χ3n) is 5.53. The summed E-state index contributed by atoms with van der Waals surface area (Å²) in [5.74, 6) is -0.541. The number of fused-ring (bicyclic) bond motifs is 1. The maximum absolute atomic E-state index is 13.3. The van der Waals surface area contributed by atoms with Gasteiger partial charge in [0.15, 0.2) is 5.78 Å². The molecule has 0 radical (unpaired) electrons. The Hall–Kier alpha value is -2.97. The Morgan fingerprint density at radius 1 is 1.19 bits per heavy atom. The van der Waals surface area contributed by atoms with Crippen molar-refractivity contribution in [3.05, 3.63) is 53.6 Å². The fourth-order valence-corrected chi connectivity index (χ4v) is 4.23. The van der Waals surface area contributed by atoms with Crippen LogP contribution in [0.15, 0.2) is 42.5 Å². The van der Waals surface area contributed by atoms with Crippen LogP contribution in [0, 0.1) is 17.2 Å². The summed E-state index contributed by atoms with van der Waals surface area (Å²) in [6, 6.07) is 14.8. The number of rotatable bonds is 2. The maximum Gasteiger partial charge on any atom is 0.181 e. The predicted octanol–water partition coefficient (Wildman–Crippen LogP) is 3.13. The topological polar surface area (TPSA) is 79.2 Å². The van der Waals surface area contributed by atoms with E-state index in [0.29, 0.717) is 29.7 Å². The van der Waals surface area contributed by atoms with E-state index >= 15 is 0 Å². The van der Waals surface area contributed by atoms with E-state index in [0.717, 1.165) is 24.2 Å². The van der Waals surface area contributed by atoms with Crippen LogP contribution in [0.1, 0.15) is 35.7 Å². The average Bonchev–Trinajstić information content (AvgIpc) is 2.68. The lowest BCUT2D eigenvalue weighted by Crippen LogP contribution is -2.58. The van der Waals surface area contributed by atoms with Crippen LogP contribution in [0.3, 0.4) is 0 Å². The SMILES string of the molecule is CC(=O)[C@@H]1C(=O)c2cc(-c3cccc(C#N)c3)ccc2OC12CCNCC2. The molecule has 5 heteroatoms. The smallest absolute Gasteiger partial charge is 0.181 e. The highest BCUT2D eigenvalue weighted by Crippen LogP contribution is 2.43. The molecule has 2 aliphatic heterocycles. The first kappa shape index (κ1) is 17.4. The second kappa shape index (κ2) is 6.64. The van der Waals surface area contributed by atoms with Gasteiger partial charge in [-0.3, -0.25) is 9.59 Å². The standard InChI is InChI=1S/C22H20N2O3/c1-14(25)20-21(26)18-12-17(16-4-2-3-15(11-16)13-23)5-6-19(18)27-22(20)7-9-24-10-8-22/h2-6,11-12,20,24H,7-10H2,1H3/t20-/m1/s1. The first-order valence-electron chi connectivity index (χ1n) is 9.13. The van der Waals surface area contributed by atoms with Crippen molar-refractivity contribution >= 4 is 11.6 Å². The van der Waals surface area contributed by atoms with E-state index in [2.05, 4.69) is 11.4 Å². The zero-order valence-corrected chi connectivity index (χ0v) is 15.1. The number of ketones is 2. The molecule has 1 spiro atoms. The van der Waals surface area contributed by atoms with Crippen LogP contribution >= 0.6 is 0 Å². The minimum absolute atomic E-state index is 0.149. The van der Waals surface area contributed by atoms with Crippen molar-refractivity contribution in [2.45, 2.75) is 25.4 Å². The molecule has 5 nitrogen and oxygen atoms in total. The van der Waals surface area contributed by atoms with Gasteiger partial charge in [-0.25, -0.2) is 0 Å². The van der Waals surface area contributed by atoms with Crippen molar-refractivity contribution in [3.63, 3.8) is 0 Å². The molecule has 2 heterocycles. The van der Waals surface area contributed by atoms with E-state index < -0.39 is 11.5 Å². The molecule has 0 aliphatic carbocycles. The number of carbonyl (C=O) groups excluding carboxylic acids is 2. The van der Waals surface area contributed by atoms with Gasteiger partial charge in [-0.2, -0.15) is 5.26 Å². The van der Waals surface area contributed by atoms with Gasteiger partial charge in [-0.15, -0.1) is 0 Å². The largest absolute Gasteiger partial charge is 0.485 e. The van der Waals surface area contributed by atoms with Crippen LogP contribution in [-0.2, 0) is 4.79 Å². The number of benzene rings is 2. The molecule has 2 aromatic rings. The first-order valence-corrected chi connectivity index (χ1v) is 9.13. The summed E-state index contributed by atoms with van der Waals surface area (Å²) < 4.78 is 6.31. The molecule has 136 valence electrons. The number of ether oxygens (including phenoxy) is 1. The Morgan fingerprint density at radius 3 is 2.63 bits per heavy atom. The Labute approximate surface area is 158 Å². The van der Waals surface area contributed by atoms with Gasteiger partial charge in [-0.1, -0.05) is 18.2 Å². The minimum atomic E-state index is -0.771. The van der Waals surface area contributed by atoms with Gasteiger partial charge in [-0.05, 0) is 55.4 Å². The number of carbonyl (C=O) groups is 2. The lowest BCUT2D eigenvalue weighted by molar-refractivity contribution is -0.127. The summed E-state index contributed by atoms with van der Waals surface area (Å²) in [4.78, 5) is 25.6. The van der Waals surface area contributed by atoms with Crippen LogP contribution in [0.4, 0.5) is 0 Å². The number of nitriles is 1. The van der Waals surface area contributed by atoms with Gasteiger partial charge in [0.1, 0.15) is 23.1 Å². The van der Waals surface area contributed by atoms with E-state index in [4.69, 9.17) is 10.00 Å². The van der Waals surface area contributed by atoms with Crippen molar-refractivity contribution in [1.29, 1.82) is 5.26 Å². The van der Waals surface area contributed by atoms with Crippen molar-refractivity contribution in [2.75, 3.05) is 13.1 Å². The molecule has 1 fully saturated rings. The molecular weight excluding hydrogens is 340 g/mol. The number of nitrogens with one attached hydrogen (secondary N) is 1. The molecule has 0 aromatic heterocycles. The fourth-order valence-electron chi connectivity index (χ4n) is 4.23. The summed E-state index contributed by atoms with van der Waals surface area (Å²) in [6.07, 6.45) is 1.27. The van der Waals surface area contributed by atoms with Gasteiger partial charge in [0.05, 0.1) is 17.2 Å². The number of hydrogen-bond donors (Lipinski definition) is 1. The highest BCUT2D eigenvalue weighted by molar-refractivity contribution is 6.13. The summed E-state index contributed by atoms with van der Waals surface area (Å²) in [7, 11) is 0. The highest BCUT2D eigenvalue weighted by Gasteiger charge is 2.52. The fraction of sp³-hybridized carbons (Fsp3) is 0.318. The quantitative estimate of drug-likeness (QED) is 0.833. The molecule has 1 atom stereocenters. The van der Waals surface area contributed by atoms with E-state index in [1.165, 1.54) is 6.92 Å². The number of nitrogens with zero attached hydrogens (tertiary/aromatic N) is 1. The number of piperidine rings is 1. The molecule has 1 N–H and O–H groups in total. The second-order valence-corrected chi connectivity index (χ2v) is 7.23. The zero-order valence-electron chi connectivity index (χ0n) is 15.1. The van der Waals surface area contributed by atoms with Crippen LogP contribution < -0.4 is 10.1 Å². The first-order chi connectivity index (χ1) is 13.0. The Bertz CT molecular complexity index is 968. The molecule has 0 unspecified atom stereocenters. The molecule has 2 aliphatic rings. The van der Waals surface area contributed by atoms with Crippen molar-refractivity contribution in [1.82, 2.24) is 5.32 Å². The summed E-state index contributed by atoms with van der Waals surface area (Å²) in [6.45, 7) is 2.93. The zero-order chi connectivity index (χ0) is 19.0. The molecular formula is C22H20N2O3. The van der Waals surface area contributed by atoms with Crippen LogP contribution in [0.2, 0.25) is 0 Å². The van der Waals surface area contributed by atoms with E-state index in [-0.39, 0.29) is 11.6 Å². The predicted molar refractivity (Wildman–Crippen MR) is 101 cm³/mol. The minimum Gasteiger partial charge on any atom is -0.485 e. The lowest BCUT2D eigenvalue weighted by Gasteiger charge is -2.45. The lowest BCUT2D eigenvalue weighted by atomic mass is 9.72. The molecule has 1 saturated heterocycles. The van der Waals surface area contributed by atoms with Gasteiger partial charge in [0, 0.05) is 12.8 Å². The Morgan fingerprint density at radius 2 is 1.93 bits per heavy atom. The third-order valence-corrected chi connectivity index (χ3v) is 5.53. The normalized spacial score (nSPS) is 20.4. The molecule has 0 saturated carbocycles. The highest BCUT2D eigenvalue weighted by atomic mass is 16.5. The van der Waals surface area contributed by atoms with Gasteiger partial charge in [0.2, 0.25) is 0 Å². The van der Waals surface area contributed by atoms with Crippen LogP contribution in [0.5, 0.6) is 5.75 Å². The molecule has 0 amide bonds. The maximum atomic E-state index is 13.3. The number of hydrogen-bond acceptors (Lipinski definition) is 5. The molecule has 2 aromatic carbocycles. The molecule has 4 rings (SSSR count). The Balaban J connectivity index is 1.79. The van der Waals surface area contributed by atoms with Crippen LogP contribution in [-0.4, -0.2) is 30.3 Å². The van der Waals surface area contributed by atoms with E-state index in [9.17, 15) is 9.59 Å². The van der Waals surface area contributed by atoms with E-state index in [1.54, 1.807) is 18.2 Å². The Kier molecular flexibility index (Phi) is 4.29.